The average molecular weight is 267 g/mol. The zero-order valence-electron chi connectivity index (χ0n) is 11.6. The number of para-hydroxylation sites is 1. The van der Waals surface area contributed by atoms with Crippen LogP contribution < -0.4 is 10.5 Å². The minimum atomic E-state index is -0.455. The van der Waals surface area contributed by atoms with Crippen LogP contribution >= 0.6 is 0 Å². The van der Waals surface area contributed by atoms with Crippen molar-refractivity contribution in [1.29, 1.82) is 0 Å². The monoisotopic (exact) mass is 267 g/mol. The molecule has 1 rings (SSSR count). The van der Waals surface area contributed by atoms with Crippen molar-refractivity contribution in [1.82, 2.24) is 0 Å². The molecular weight excluding hydrogens is 246 g/mol. The first kappa shape index (κ1) is 15.3. The maximum absolute atomic E-state index is 11.9. The molecule has 5 heteroatoms. The lowest BCUT2D eigenvalue weighted by Gasteiger charge is -2.12. The molecule has 0 amide bonds. The number of hydrogen-bond donors (Lipinski definition) is 1. The van der Waals surface area contributed by atoms with Crippen LogP contribution in [-0.4, -0.2) is 31.9 Å². The molecule has 0 bridgehead atoms. The number of ether oxygens (including phenoxy) is 3. The summed E-state index contributed by atoms with van der Waals surface area (Å²) in [5, 5.41) is 0. The minimum Gasteiger partial charge on any atom is -0.491 e. The summed E-state index contributed by atoms with van der Waals surface area (Å²) in [5.41, 5.74) is 6.55. The molecule has 2 N–H and O–H groups in total. The van der Waals surface area contributed by atoms with Gasteiger partial charge in [-0.05, 0) is 32.9 Å². The van der Waals surface area contributed by atoms with Gasteiger partial charge in [-0.1, -0.05) is 6.07 Å². The number of esters is 1. The van der Waals surface area contributed by atoms with Crippen LogP contribution in [0.5, 0.6) is 5.75 Å². The minimum absolute atomic E-state index is 0.116. The van der Waals surface area contributed by atoms with E-state index in [-0.39, 0.29) is 12.7 Å². The molecule has 0 saturated heterocycles. The van der Waals surface area contributed by atoms with E-state index < -0.39 is 5.97 Å². The van der Waals surface area contributed by atoms with Crippen LogP contribution in [0, 0.1) is 0 Å². The summed E-state index contributed by atoms with van der Waals surface area (Å²) in [6, 6.07) is 5.01. The maximum Gasteiger partial charge on any atom is 0.342 e. The van der Waals surface area contributed by atoms with Gasteiger partial charge in [0.15, 0.2) is 5.75 Å². The number of hydrogen-bond acceptors (Lipinski definition) is 5. The van der Waals surface area contributed by atoms with Gasteiger partial charge in [0.25, 0.3) is 0 Å². The molecule has 1 aromatic carbocycles. The van der Waals surface area contributed by atoms with Crippen molar-refractivity contribution in [2.24, 2.45) is 0 Å². The zero-order chi connectivity index (χ0) is 14.3. The van der Waals surface area contributed by atoms with Crippen molar-refractivity contribution in [3.8, 4) is 5.75 Å². The predicted molar refractivity (Wildman–Crippen MR) is 73.4 cm³/mol. The van der Waals surface area contributed by atoms with Crippen molar-refractivity contribution in [3.05, 3.63) is 23.8 Å². The van der Waals surface area contributed by atoms with Gasteiger partial charge < -0.3 is 19.9 Å². The summed E-state index contributed by atoms with van der Waals surface area (Å²) in [7, 11) is 0. The normalized spacial score (nSPS) is 10.5. The van der Waals surface area contributed by atoms with E-state index in [1.54, 1.807) is 18.2 Å². The van der Waals surface area contributed by atoms with E-state index in [9.17, 15) is 4.79 Å². The first-order valence-corrected chi connectivity index (χ1v) is 6.36. The molecule has 0 heterocycles. The first-order chi connectivity index (χ1) is 9.06. The molecule has 0 aliphatic carbocycles. The van der Waals surface area contributed by atoms with Crippen LogP contribution in [0.25, 0.3) is 0 Å². The molecule has 0 aromatic heterocycles. The standard InChI is InChI=1S/C14H21NO4/c1-4-17-13-11(6-5-7-12(13)15)14(16)19-9-8-18-10(2)3/h5-7,10H,4,8-9,15H2,1-3H3. The second kappa shape index (κ2) is 7.63. The third-order valence-corrected chi connectivity index (χ3v) is 2.32. The smallest absolute Gasteiger partial charge is 0.342 e. The zero-order valence-corrected chi connectivity index (χ0v) is 11.6. The maximum atomic E-state index is 11.9. The fourth-order valence-corrected chi connectivity index (χ4v) is 1.52. The number of anilines is 1. The number of carbonyl (C=O) groups is 1. The van der Waals surface area contributed by atoms with Crippen molar-refractivity contribution >= 4 is 11.7 Å². The quantitative estimate of drug-likeness (QED) is 0.466. The van der Waals surface area contributed by atoms with Crippen LogP contribution in [0.15, 0.2) is 18.2 Å². The third-order valence-electron chi connectivity index (χ3n) is 2.32. The second-order valence-corrected chi connectivity index (χ2v) is 4.21. The Morgan fingerprint density at radius 1 is 1.32 bits per heavy atom. The third kappa shape index (κ3) is 4.79. The number of rotatable bonds is 7. The van der Waals surface area contributed by atoms with Crippen LogP contribution in [-0.2, 0) is 9.47 Å². The number of carbonyl (C=O) groups excluding carboxylic acids is 1. The van der Waals surface area contributed by atoms with E-state index in [1.165, 1.54) is 0 Å². The summed E-state index contributed by atoms with van der Waals surface area (Å²) < 4.78 is 15.8. The summed E-state index contributed by atoms with van der Waals surface area (Å²) in [6.45, 7) is 6.69. The van der Waals surface area contributed by atoms with Gasteiger partial charge in [-0.25, -0.2) is 4.79 Å². The Balaban J connectivity index is 2.63. The Morgan fingerprint density at radius 2 is 2.05 bits per heavy atom. The van der Waals surface area contributed by atoms with Crippen LogP contribution in [0.3, 0.4) is 0 Å². The average Bonchev–Trinajstić information content (AvgIpc) is 2.36. The van der Waals surface area contributed by atoms with Gasteiger partial charge >= 0.3 is 5.97 Å². The molecule has 0 spiro atoms. The van der Waals surface area contributed by atoms with E-state index in [4.69, 9.17) is 19.9 Å². The second-order valence-electron chi connectivity index (χ2n) is 4.21. The lowest BCUT2D eigenvalue weighted by Crippen LogP contribution is -2.15. The molecule has 0 unspecified atom stereocenters. The van der Waals surface area contributed by atoms with E-state index in [1.807, 2.05) is 20.8 Å². The van der Waals surface area contributed by atoms with Gasteiger partial charge in [0.1, 0.15) is 12.2 Å². The highest BCUT2D eigenvalue weighted by Crippen LogP contribution is 2.26. The molecule has 1 aromatic rings. The molecule has 0 radical (unpaired) electrons. The van der Waals surface area contributed by atoms with Crippen LogP contribution in [0.2, 0.25) is 0 Å². The van der Waals surface area contributed by atoms with E-state index in [0.29, 0.717) is 30.2 Å². The highest BCUT2D eigenvalue weighted by Gasteiger charge is 2.16. The Morgan fingerprint density at radius 3 is 2.68 bits per heavy atom. The molecule has 106 valence electrons. The number of benzene rings is 1. The van der Waals surface area contributed by atoms with Crippen molar-refractivity contribution in [3.63, 3.8) is 0 Å². The van der Waals surface area contributed by atoms with Gasteiger partial charge in [0.2, 0.25) is 0 Å². The van der Waals surface area contributed by atoms with Crippen LogP contribution in [0.4, 0.5) is 5.69 Å². The highest BCUT2D eigenvalue weighted by molar-refractivity contribution is 5.94. The lowest BCUT2D eigenvalue weighted by atomic mass is 10.2. The summed E-state index contributed by atoms with van der Waals surface area (Å²) in [6.07, 6.45) is 0.116. The Bertz CT molecular complexity index is 418. The van der Waals surface area contributed by atoms with Crippen molar-refractivity contribution in [2.75, 3.05) is 25.6 Å². The van der Waals surface area contributed by atoms with E-state index in [2.05, 4.69) is 0 Å². The largest absolute Gasteiger partial charge is 0.491 e. The highest BCUT2D eigenvalue weighted by atomic mass is 16.6. The van der Waals surface area contributed by atoms with E-state index in [0.717, 1.165) is 0 Å². The topological polar surface area (TPSA) is 70.8 Å². The molecule has 0 fully saturated rings. The predicted octanol–water partition coefficient (Wildman–Crippen LogP) is 2.25. The SMILES string of the molecule is CCOc1c(N)cccc1C(=O)OCCOC(C)C. The van der Waals surface area contributed by atoms with Crippen molar-refractivity contribution in [2.45, 2.75) is 26.9 Å². The fraction of sp³-hybridized carbons (Fsp3) is 0.500. The molecular formula is C14H21NO4. The molecule has 0 saturated carbocycles. The first-order valence-electron chi connectivity index (χ1n) is 6.36. The van der Waals surface area contributed by atoms with E-state index >= 15 is 0 Å². The van der Waals surface area contributed by atoms with Crippen molar-refractivity contribution < 1.29 is 19.0 Å². The van der Waals surface area contributed by atoms with Gasteiger partial charge in [0, 0.05) is 0 Å². The Labute approximate surface area is 113 Å². The van der Waals surface area contributed by atoms with Gasteiger partial charge in [-0.15, -0.1) is 0 Å². The Hall–Kier alpha value is -1.75. The van der Waals surface area contributed by atoms with Gasteiger partial charge in [0.05, 0.1) is 25.0 Å². The molecule has 0 aliphatic heterocycles. The molecule has 19 heavy (non-hydrogen) atoms. The Kier molecular flexibility index (Phi) is 6.15. The molecule has 0 aliphatic rings. The van der Waals surface area contributed by atoms with Gasteiger partial charge in [-0.3, -0.25) is 0 Å². The van der Waals surface area contributed by atoms with Crippen LogP contribution in [0.1, 0.15) is 31.1 Å². The lowest BCUT2D eigenvalue weighted by molar-refractivity contribution is 0.0174. The number of nitrogen functional groups attached to an aromatic ring is 1. The number of nitrogens with two attached hydrogens (primary N) is 1. The van der Waals surface area contributed by atoms with Gasteiger partial charge in [-0.2, -0.15) is 0 Å². The summed E-state index contributed by atoms with van der Waals surface area (Å²) in [5.74, 6) is -0.0807. The molecule has 0 atom stereocenters. The fourth-order valence-electron chi connectivity index (χ4n) is 1.52. The summed E-state index contributed by atoms with van der Waals surface area (Å²) >= 11 is 0. The summed E-state index contributed by atoms with van der Waals surface area (Å²) in [4.78, 5) is 11.9. The molecule has 5 nitrogen and oxygen atoms in total.